The Bertz CT molecular complexity index is 1450. The molecule has 2 N–H and O–H groups in total. The van der Waals surface area contributed by atoms with E-state index in [9.17, 15) is 9.59 Å². The first kappa shape index (κ1) is 32.1. The maximum atomic E-state index is 13.0. The Balaban J connectivity index is 1.30. The van der Waals surface area contributed by atoms with Gasteiger partial charge in [0, 0.05) is 29.2 Å². The van der Waals surface area contributed by atoms with Crippen LogP contribution in [0.4, 0.5) is 4.79 Å². The van der Waals surface area contributed by atoms with Crippen LogP contribution in [-0.2, 0) is 19.0 Å². The number of rotatable bonds is 12. The third kappa shape index (κ3) is 9.09. The van der Waals surface area contributed by atoms with Gasteiger partial charge in [-0.25, -0.2) is 4.79 Å². The van der Waals surface area contributed by atoms with E-state index in [0.29, 0.717) is 56.2 Å². The van der Waals surface area contributed by atoms with Crippen LogP contribution < -0.4 is 10.6 Å². The van der Waals surface area contributed by atoms with Gasteiger partial charge in [-0.3, -0.25) is 14.4 Å². The van der Waals surface area contributed by atoms with Gasteiger partial charge in [-0.05, 0) is 58.9 Å². The van der Waals surface area contributed by atoms with Gasteiger partial charge in [-0.1, -0.05) is 35.4 Å². The number of ether oxygens (including phenoxy) is 3. The van der Waals surface area contributed by atoms with Crippen LogP contribution >= 0.6 is 11.6 Å². The van der Waals surface area contributed by atoms with Gasteiger partial charge in [0.2, 0.25) is 5.91 Å². The highest BCUT2D eigenvalue weighted by molar-refractivity contribution is 6.30. The van der Waals surface area contributed by atoms with E-state index in [1.165, 1.54) is 0 Å². The molecule has 2 aromatic carbocycles. The molecule has 12 heteroatoms. The number of aryl methyl sites for hydroxylation is 2. The molecule has 0 spiro atoms. The van der Waals surface area contributed by atoms with Crippen LogP contribution in [0.3, 0.4) is 0 Å². The second-order valence-electron chi connectivity index (χ2n) is 11.2. The van der Waals surface area contributed by atoms with Crippen molar-refractivity contribution in [3.8, 4) is 5.69 Å². The number of aromatic nitrogens is 3. The molecule has 1 aromatic heterocycles. The maximum Gasteiger partial charge on any atom is 0.407 e. The number of aliphatic imine (C=N–C) groups is 1. The first-order valence-corrected chi connectivity index (χ1v) is 14.7. The lowest BCUT2D eigenvalue weighted by atomic mass is 9.98. The van der Waals surface area contributed by atoms with E-state index in [0.717, 1.165) is 28.1 Å². The van der Waals surface area contributed by atoms with Gasteiger partial charge in [0.05, 0.1) is 44.2 Å². The summed E-state index contributed by atoms with van der Waals surface area (Å²) in [5.74, 6) is 1.15. The Morgan fingerprint density at radius 1 is 0.930 bits per heavy atom. The second-order valence-corrected chi connectivity index (χ2v) is 11.6. The molecule has 2 amide bonds. The molecule has 0 saturated heterocycles. The third-order valence-electron chi connectivity index (χ3n) is 6.43. The molecule has 0 unspecified atom stereocenters. The lowest BCUT2D eigenvalue weighted by Gasteiger charge is -2.19. The van der Waals surface area contributed by atoms with Crippen LogP contribution in [0.15, 0.2) is 47.5 Å². The highest BCUT2D eigenvalue weighted by Crippen LogP contribution is 2.33. The van der Waals surface area contributed by atoms with Crippen LogP contribution in [-0.4, -0.2) is 77.6 Å². The van der Waals surface area contributed by atoms with Crippen molar-refractivity contribution in [1.82, 2.24) is 25.4 Å². The predicted octanol–water partition coefficient (Wildman–Crippen LogP) is 4.49. The fourth-order valence-corrected chi connectivity index (χ4v) is 4.68. The maximum absolute atomic E-state index is 13.0. The van der Waals surface area contributed by atoms with E-state index < -0.39 is 17.7 Å². The van der Waals surface area contributed by atoms with Crippen molar-refractivity contribution in [2.24, 2.45) is 4.99 Å². The molecule has 11 nitrogen and oxygen atoms in total. The van der Waals surface area contributed by atoms with Gasteiger partial charge in [-0.15, -0.1) is 10.2 Å². The monoisotopic (exact) mass is 610 g/mol. The van der Waals surface area contributed by atoms with Gasteiger partial charge in [0.1, 0.15) is 17.5 Å². The number of hydrogen-bond donors (Lipinski definition) is 2. The largest absolute Gasteiger partial charge is 0.444 e. The van der Waals surface area contributed by atoms with Crippen LogP contribution in [0.5, 0.6) is 0 Å². The number of nitrogens with zero attached hydrogens (tertiary/aromatic N) is 4. The molecule has 1 aliphatic heterocycles. The Labute approximate surface area is 257 Å². The zero-order valence-electron chi connectivity index (χ0n) is 25.3. The van der Waals surface area contributed by atoms with E-state index in [1.807, 2.05) is 54.8 Å². The van der Waals surface area contributed by atoms with E-state index in [1.54, 1.807) is 20.8 Å². The predicted molar refractivity (Wildman–Crippen MR) is 164 cm³/mol. The van der Waals surface area contributed by atoms with Gasteiger partial charge in [0.25, 0.3) is 0 Å². The number of benzene rings is 2. The summed E-state index contributed by atoms with van der Waals surface area (Å²) in [5.41, 5.74) is 4.06. The van der Waals surface area contributed by atoms with Crippen LogP contribution in [0.25, 0.3) is 5.69 Å². The zero-order valence-corrected chi connectivity index (χ0v) is 26.0. The minimum atomic E-state index is -0.553. The summed E-state index contributed by atoms with van der Waals surface area (Å²) in [7, 11) is 0. The quantitative estimate of drug-likeness (QED) is 0.289. The number of carbonyl (C=O) groups is 2. The molecule has 0 bridgehead atoms. The van der Waals surface area contributed by atoms with Gasteiger partial charge < -0.3 is 24.8 Å². The van der Waals surface area contributed by atoms with Crippen molar-refractivity contribution < 1.29 is 23.8 Å². The van der Waals surface area contributed by atoms with E-state index in [2.05, 4.69) is 26.9 Å². The Morgan fingerprint density at radius 2 is 1.60 bits per heavy atom. The van der Waals surface area contributed by atoms with E-state index in [4.69, 9.17) is 30.8 Å². The number of halogens is 1. The average Bonchev–Trinajstić information content (AvgIpc) is 3.26. The van der Waals surface area contributed by atoms with Crippen molar-refractivity contribution in [3.05, 3.63) is 75.8 Å². The summed E-state index contributed by atoms with van der Waals surface area (Å²) in [6.45, 7) is 11.4. The van der Waals surface area contributed by atoms with Gasteiger partial charge in [-0.2, -0.15) is 0 Å². The summed E-state index contributed by atoms with van der Waals surface area (Å²) in [6.07, 6.45) is -0.385. The number of amides is 2. The summed E-state index contributed by atoms with van der Waals surface area (Å²) in [5, 5.41) is 14.9. The average molecular weight is 611 g/mol. The van der Waals surface area contributed by atoms with Crippen molar-refractivity contribution >= 4 is 29.3 Å². The molecule has 230 valence electrons. The van der Waals surface area contributed by atoms with Crippen LogP contribution in [0.2, 0.25) is 5.02 Å². The second kappa shape index (κ2) is 14.6. The molecular formula is C31H39ClN6O5. The number of fused-ring (bicyclic) bond motifs is 3. The van der Waals surface area contributed by atoms with Crippen LogP contribution in [0.1, 0.15) is 61.6 Å². The molecule has 4 rings (SSSR count). The van der Waals surface area contributed by atoms with Crippen LogP contribution in [0, 0.1) is 13.8 Å². The number of alkyl carbamates (subject to hydrolysis) is 1. The SMILES string of the molecule is Cc1ccc2c(c1)C(c1ccc(Cl)cc1)=N[C@@H](CC(=O)NCCOCCOCCNC(=O)OC(C)(C)C)c1nnc(C)n1-2. The third-order valence-corrected chi connectivity index (χ3v) is 6.68. The molecule has 2 heterocycles. The summed E-state index contributed by atoms with van der Waals surface area (Å²) in [6, 6.07) is 13.1. The van der Waals surface area contributed by atoms with Crippen molar-refractivity contribution in [2.75, 3.05) is 39.5 Å². The molecule has 43 heavy (non-hydrogen) atoms. The molecule has 1 aliphatic rings. The van der Waals surface area contributed by atoms with Crippen molar-refractivity contribution in [3.63, 3.8) is 0 Å². The Kier molecular flexibility index (Phi) is 10.9. The minimum Gasteiger partial charge on any atom is -0.444 e. The summed E-state index contributed by atoms with van der Waals surface area (Å²) >= 11 is 6.17. The van der Waals surface area contributed by atoms with Gasteiger partial charge in [0.15, 0.2) is 5.82 Å². The number of hydrogen-bond acceptors (Lipinski definition) is 8. The first-order chi connectivity index (χ1) is 20.5. The normalized spacial score (nSPS) is 14.3. The minimum absolute atomic E-state index is 0.0932. The lowest BCUT2D eigenvalue weighted by Crippen LogP contribution is -2.34. The Morgan fingerprint density at radius 3 is 2.28 bits per heavy atom. The molecule has 1 atom stereocenters. The molecule has 0 fully saturated rings. The number of carbonyl (C=O) groups excluding carboxylic acids is 2. The molecular weight excluding hydrogens is 572 g/mol. The van der Waals surface area contributed by atoms with Crippen molar-refractivity contribution in [2.45, 2.75) is 52.7 Å². The lowest BCUT2D eigenvalue weighted by molar-refractivity contribution is -0.121. The standard InChI is InChI=1S/C31H39ClN6O5/c1-20-6-11-26-24(18-20)28(22-7-9-23(32)10-8-22)35-25(29-37-36-21(2)38(26)29)19-27(39)33-12-14-41-16-17-42-15-13-34-30(40)43-31(3,4)5/h6-11,18,25H,12-17,19H2,1-5H3,(H,33,39)(H,34,40)/t25-/m0/s1. The molecule has 0 saturated carbocycles. The topological polar surface area (TPSA) is 129 Å². The first-order valence-electron chi connectivity index (χ1n) is 14.3. The van der Waals surface area contributed by atoms with E-state index >= 15 is 0 Å². The summed E-state index contributed by atoms with van der Waals surface area (Å²) in [4.78, 5) is 29.7. The zero-order chi connectivity index (χ0) is 31.0. The Hall–Kier alpha value is -3.80. The highest BCUT2D eigenvalue weighted by Gasteiger charge is 2.29. The number of nitrogens with one attached hydrogen (secondary N) is 2. The fraction of sp³-hybridized carbons (Fsp3) is 0.452. The van der Waals surface area contributed by atoms with Gasteiger partial charge >= 0.3 is 6.09 Å². The van der Waals surface area contributed by atoms with E-state index in [-0.39, 0.29) is 12.3 Å². The highest BCUT2D eigenvalue weighted by atomic mass is 35.5. The smallest absolute Gasteiger partial charge is 0.407 e. The molecule has 0 aliphatic carbocycles. The van der Waals surface area contributed by atoms with Crippen molar-refractivity contribution in [1.29, 1.82) is 0 Å². The summed E-state index contributed by atoms with van der Waals surface area (Å²) < 4.78 is 18.2. The fourth-order valence-electron chi connectivity index (χ4n) is 4.56. The molecule has 3 aromatic rings. The molecule has 0 radical (unpaired) electrons.